The fourth-order valence-electron chi connectivity index (χ4n) is 2.71. The highest BCUT2D eigenvalue weighted by Crippen LogP contribution is 2.30. The Labute approximate surface area is 122 Å². The van der Waals surface area contributed by atoms with Crippen molar-refractivity contribution in [2.45, 2.75) is 52.1 Å². The Bertz CT molecular complexity index is 454. The summed E-state index contributed by atoms with van der Waals surface area (Å²) in [6, 6.07) is 8.86. The van der Waals surface area contributed by atoms with E-state index in [-0.39, 0.29) is 11.8 Å². The monoisotopic (exact) mass is 274 g/mol. The van der Waals surface area contributed by atoms with Crippen LogP contribution in [0.1, 0.15) is 43.7 Å². The molecule has 0 aromatic heterocycles. The molecule has 1 aromatic carbocycles. The van der Waals surface area contributed by atoms with E-state index in [9.17, 15) is 4.79 Å². The van der Waals surface area contributed by atoms with E-state index in [2.05, 4.69) is 43.0 Å². The van der Waals surface area contributed by atoms with Crippen molar-refractivity contribution in [2.24, 2.45) is 11.7 Å². The molecule has 110 valence electrons. The van der Waals surface area contributed by atoms with Crippen molar-refractivity contribution in [3.05, 3.63) is 35.4 Å². The molecule has 0 bridgehead atoms. The Balaban J connectivity index is 2.08. The van der Waals surface area contributed by atoms with E-state index in [1.54, 1.807) is 0 Å². The summed E-state index contributed by atoms with van der Waals surface area (Å²) in [5.74, 6) is 0.240. The lowest BCUT2D eigenvalue weighted by Gasteiger charge is -2.27. The van der Waals surface area contributed by atoms with Crippen LogP contribution in [0.2, 0.25) is 0 Å². The van der Waals surface area contributed by atoms with E-state index in [1.165, 1.54) is 11.1 Å². The van der Waals surface area contributed by atoms with E-state index in [0.29, 0.717) is 12.6 Å². The van der Waals surface area contributed by atoms with Crippen LogP contribution in [-0.4, -0.2) is 23.4 Å². The van der Waals surface area contributed by atoms with Crippen molar-refractivity contribution in [1.29, 1.82) is 0 Å². The van der Waals surface area contributed by atoms with Crippen LogP contribution in [-0.2, 0) is 11.3 Å². The van der Waals surface area contributed by atoms with Crippen molar-refractivity contribution in [2.75, 3.05) is 6.54 Å². The third-order valence-electron chi connectivity index (χ3n) is 3.98. The van der Waals surface area contributed by atoms with Crippen LogP contribution < -0.4 is 5.73 Å². The molecular weight excluding hydrogens is 248 g/mol. The van der Waals surface area contributed by atoms with Gasteiger partial charge in [-0.1, -0.05) is 43.2 Å². The molecule has 1 amide bonds. The second kappa shape index (κ2) is 6.89. The molecule has 1 saturated carbocycles. The van der Waals surface area contributed by atoms with Crippen LogP contribution in [0.15, 0.2) is 24.3 Å². The van der Waals surface area contributed by atoms with Crippen molar-refractivity contribution >= 4 is 5.91 Å². The number of carbonyl (C=O) groups is 1. The Hall–Kier alpha value is -1.35. The summed E-state index contributed by atoms with van der Waals surface area (Å²) in [7, 11) is 0. The van der Waals surface area contributed by atoms with Crippen LogP contribution >= 0.6 is 0 Å². The normalized spacial score (nSPS) is 15.9. The zero-order valence-corrected chi connectivity index (χ0v) is 12.6. The number of hydrogen-bond acceptors (Lipinski definition) is 2. The number of carbonyl (C=O) groups excluding carboxylic acids is 1. The molecule has 1 aliphatic rings. The summed E-state index contributed by atoms with van der Waals surface area (Å²) in [6.45, 7) is 5.39. The van der Waals surface area contributed by atoms with Crippen LogP contribution in [0.4, 0.5) is 0 Å². The van der Waals surface area contributed by atoms with E-state index in [4.69, 9.17) is 5.73 Å². The maximum absolute atomic E-state index is 12.7. The van der Waals surface area contributed by atoms with Gasteiger partial charge in [-0.15, -0.1) is 0 Å². The van der Waals surface area contributed by atoms with Crippen molar-refractivity contribution in [3.63, 3.8) is 0 Å². The summed E-state index contributed by atoms with van der Waals surface area (Å²) in [5, 5.41) is 0. The molecule has 1 aromatic rings. The number of rotatable bonds is 7. The van der Waals surface area contributed by atoms with Gasteiger partial charge in [0.25, 0.3) is 0 Å². The van der Waals surface area contributed by atoms with Crippen LogP contribution in [0.5, 0.6) is 0 Å². The summed E-state index contributed by atoms with van der Waals surface area (Å²) in [6.07, 6.45) is 4.19. The smallest absolute Gasteiger partial charge is 0.227 e. The zero-order valence-electron chi connectivity index (χ0n) is 12.6. The molecule has 20 heavy (non-hydrogen) atoms. The first kappa shape index (κ1) is 15.0. The van der Waals surface area contributed by atoms with Gasteiger partial charge < -0.3 is 10.6 Å². The van der Waals surface area contributed by atoms with Gasteiger partial charge >= 0.3 is 0 Å². The lowest BCUT2D eigenvalue weighted by molar-refractivity contribution is -0.136. The molecule has 0 saturated heterocycles. The van der Waals surface area contributed by atoms with E-state index in [0.717, 1.165) is 32.2 Å². The van der Waals surface area contributed by atoms with Crippen molar-refractivity contribution in [1.82, 2.24) is 4.90 Å². The Morgan fingerprint density at radius 3 is 2.75 bits per heavy atom. The quantitative estimate of drug-likeness (QED) is 0.831. The molecule has 3 heteroatoms. The van der Waals surface area contributed by atoms with Gasteiger partial charge in [0.2, 0.25) is 5.91 Å². The van der Waals surface area contributed by atoms with E-state index in [1.807, 2.05) is 0 Å². The summed E-state index contributed by atoms with van der Waals surface area (Å²) >= 11 is 0. The fraction of sp³-hybridized carbons (Fsp3) is 0.588. The third kappa shape index (κ3) is 3.83. The predicted molar refractivity (Wildman–Crippen MR) is 82.2 cm³/mol. The summed E-state index contributed by atoms with van der Waals surface area (Å²) in [5.41, 5.74) is 8.25. The molecule has 3 nitrogen and oxygen atoms in total. The first-order valence-electron chi connectivity index (χ1n) is 7.71. The summed E-state index contributed by atoms with van der Waals surface area (Å²) < 4.78 is 0. The number of hydrogen-bond donors (Lipinski definition) is 1. The minimum absolute atomic E-state index is 0.00888. The van der Waals surface area contributed by atoms with Crippen molar-refractivity contribution in [3.8, 4) is 0 Å². The third-order valence-corrected chi connectivity index (χ3v) is 3.98. The Kier molecular flexibility index (Phi) is 5.18. The number of amides is 1. The molecule has 0 aliphatic heterocycles. The lowest BCUT2D eigenvalue weighted by Crippen LogP contribution is -2.40. The number of aryl methyl sites for hydroxylation is 1. The first-order valence-corrected chi connectivity index (χ1v) is 7.71. The van der Waals surface area contributed by atoms with Crippen LogP contribution in [0.3, 0.4) is 0 Å². The largest absolute Gasteiger partial charge is 0.335 e. The van der Waals surface area contributed by atoms with Gasteiger partial charge in [-0.3, -0.25) is 4.79 Å². The molecule has 2 N–H and O–H groups in total. The second-order valence-electron chi connectivity index (χ2n) is 5.91. The highest BCUT2D eigenvalue weighted by atomic mass is 16.2. The van der Waals surface area contributed by atoms with Crippen molar-refractivity contribution < 1.29 is 4.79 Å². The molecule has 2 rings (SSSR count). The molecule has 1 fully saturated rings. The van der Waals surface area contributed by atoms with Gasteiger partial charge in [-0.2, -0.15) is 0 Å². The van der Waals surface area contributed by atoms with Gasteiger partial charge in [0.1, 0.15) is 0 Å². The van der Waals surface area contributed by atoms with Crippen LogP contribution in [0.25, 0.3) is 0 Å². The predicted octanol–water partition coefficient (Wildman–Crippen LogP) is 2.86. The average Bonchev–Trinajstić information content (AvgIpc) is 3.26. The second-order valence-corrected chi connectivity index (χ2v) is 5.91. The molecule has 1 unspecified atom stereocenters. The van der Waals surface area contributed by atoms with Gasteiger partial charge in [-0.25, -0.2) is 0 Å². The summed E-state index contributed by atoms with van der Waals surface area (Å²) in [4.78, 5) is 14.7. The van der Waals surface area contributed by atoms with Crippen LogP contribution in [0, 0.1) is 12.8 Å². The average molecular weight is 274 g/mol. The van der Waals surface area contributed by atoms with Gasteiger partial charge in [0.05, 0.1) is 5.92 Å². The standard InChI is InChI=1S/C17H26N2O/c1-3-5-15(11-18)17(20)19(16-8-9-16)12-14-7-4-6-13(2)10-14/h4,6-7,10,15-16H,3,5,8-9,11-12,18H2,1-2H3. The molecule has 0 spiro atoms. The van der Waals surface area contributed by atoms with Gasteiger partial charge in [0, 0.05) is 19.1 Å². The molecule has 0 radical (unpaired) electrons. The number of nitrogens with two attached hydrogens (primary N) is 1. The fourth-order valence-corrected chi connectivity index (χ4v) is 2.71. The minimum Gasteiger partial charge on any atom is -0.335 e. The highest BCUT2D eigenvalue weighted by Gasteiger charge is 2.35. The van der Waals surface area contributed by atoms with Gasteiger partial charge in [0.15, 0.2) is 0 Å². The van der Waals surface area contributed by atoms with E-state index >= 15 is 0 Å². The lowest BCUT2D eigenvalue weighted by atomic mass is 10.0. The molecular formula is C17H26N2O. The maximum Gasteiger partial charge on any atom is 0.227 e. The molecule has 1 aliphatic carbocycles. The SMILES string of the molecule is CCCC(CN)C(=O)N(Cc1cccc(C)c1)C1CC1. The number of nitrogens with zero attached hydrogens (tertiary/aromatic N) is 1. The Morgan fingerprint density at radius 2 is 2.20 bits per heavy atom. The Morgan fingerprint density at radius 1 is 1.45 bits per heavy atom. The van der Waals surface area contributed by atoms with Gasteiger partial charge in [-0.05, 0) is 31.7 Å². The molecule has 1 atom stereocenters. The first-order chi connectivity index (χ1) is 9.65. The minimum atomic E-state index is -0.00888. The molecule has 0 heterocycles. The topological polar surface area (TPSA) is 46.3 Å². The van der Waals surface area contributed by atoms with E-state index < -0.39 is 0 Å². The zero-order chi connectivity index (χ0) is 14.5. The maximum atomic E-state index is 12.7. The highest BCUT2D eigenvalue weighted by molar-refractivity contribution is 5.79. The number of benzene rings is 1.